The first-order valence-electron chi connectivity index (χ1n) is 4.43. The van der Waals surface area contributed by atoms with Crippen LogP contribution in [0.3, 0.4) is 0 Å². The summed E-state index contributed by atoms with van der Waals surface area (Å²) in [4.78, 5) is 5.37. The number of pyridine rings is 1. The van der Waals surface area contributed by atoms with Crippen LogP contribution in [0.25, 0.3) is 0 Å². The molecule has 0 saturated carbocycles. The van der Waals surface area contributed by atoms with E-state index < -0.39 is 5.54 Å². The normalized spacial score (nSPS) is 11.5. The average Bonchev–Trinajstić information content (AvgIpc) is 2.17. The Morgan fingerprint density at radius 2 is 2.21 bits per heavy atom. The summed E-state index contributed by atoms with van der Waals surface area (Å²) in [6.45, 7) is 3.64. The Hall–Kier alpha value is -1.16. The van der Waals surface area contributed by atoms with Gasteiger partial charge < -0.3 is 10.0 Å². The molecule has 0 fully saturated rings. The van der Waals surface area contributed by atoms with Crippen molar-refractivity contribution in [2.24, 2.45) is 0 Å². The molecule has 0 saturated heterocycles. The molecule has 1 aromatic heterocycles. The Kier molecular flexibility index (Phi) is 3.06. The van der Waals surface area contributed by atoms with E-state index >= 15 is 0 Å². The Balaban J connectivity index is 3.00. The number of rotatable bonds is 3. The SMILES string of the molecule is CN(c1ccncc1F)C(C)(C)CO. The Morgan fingerprint density at radius 1 is 1.57 bits per heavy atom. The molecule has 0 aromatic carbocycles. The van der Waals surface area contributed by atoms with Gasteiger partial charge in [-0.05, 0) is 19.9 Å². The molecule has 0 amide bonds. The smallest absolute Gasteiger partial charge is 0.164 e. The predicted molar refractivity (Wildman–Crippen MR) is 53.8 cm³/mol. The molecule has 0 atom stereocenters. The zero-order chi connectivity index (χ0) is 10.8. The van der Waals surface area contributed by atoms with Crippen molar-refractivity contribution in [3.63, 3.8) is 0 Å². The van der Waals surface area contributed by atoms with Gasteiger partial charge in [-0.2, -0.15) is 0 Å². The molecule has 0 unspecified atom stereocenters. The van der Waals surface area contributed by atoms with Crippen molar-refractivity contribution >= 4 is 5.69 Å². The van der Waals surface area contributed by atoms with Gasteiger partial charge in [-0.3, -0.25) is 4.98 Å². The van der Waals surface area contributed by atoms with Gasteiger partial charge in [-0.25, -0.2) is 4.39 Å². The highest BCUT2D eigenvalue weighted by molar-refractivity contribution is 5.47. The summed E-state index contributed by atoms with van der Waals surface area (Å²) in [7, 11) is 1.74. The largest absolute Gasteiger partial charge is 0.394 e. The maximum atomic E-state index is 13.3. The van der Waals surface area contributed by atoms with Crippen molar-refractivity contribution in [2.75, 3.05) is 18.6 Å². The second kappa shape index (κ2) is 3.92. The van der Waals surface area contributed by atoms with E-state index in [1.54, 1.807) is 18.0 Å². The number of likely N-dealkylation sites (N-methyl/N-ethyl adjacent to an activating group) is 1. The fourth-order valence-corrected chi connectivity index (χ4v) is 1.07. The molecular weight excluding hydrogens is 183 g/mol. The van der Waals surface area contributed by atoms with E-state index in [1.165, 1.54) is 12.4 Å². The molecule has 1 heterocycles. The number of aliphatic hydroxyl groups excluding tert-OH is 1. The van der Waals surface area contributed by atoms with E-state index in [2.05, 4.69) is 4.98 Å². The van der Waals surface area contributed by atoms with E-state index in [0.29, 0.717) is 5.69 Å². The summed E-state index contributed by atoms with van der Waals surface area (Å²) in [6.07, 6.45) is 2.70. The quantitative estimate of drug-likeness (QED) is 0.798. The molecule has 4 heteroatoms. The van der Waals surface area contributed by atoms with Gasteiger partial charge in [0.15, 0.2) is 5.82 Å². The van der Waals surface area contributed by atoms with E-state index in [0.717, 1.165) is 0 Å². The van der Waals surface area contributed by atoms with Crippen LogP contribution in [0, 0.1) is 5.82 Å². The molecule has 1 aromatic rings. The third-order valence-corrected chi connectivity index (χ3v) is 2.41. The summed E-state index contributed by atoms with van der Waals surface area (Å²) in [5.41, 5.74) is -0.0404. The van der Waals surface area contributed by atoms with Crippen LogP contribution in [0.15, 0.2) is 18.5 Å². The first kappa shape index (κ1) is 10.9. The molecule has 1 rings (SSSR count). The van der Waals surface area contributed by atoms with Crippen molar-refractivity contribution in [1.82, 2.24) is 4.98 Å². The molecule has 0 bridgehead atoms. The fraction of sp³-hybridized carbons (Fsp3) is 0.500. The molecule has 14 heavy (non-hydrogen) atoms. The monoisotopic (exact) mass is 198 g/mol. The Bertz CT molecular complexity index is 315. The first-order valence-corrected chi connectivity index (χ1v) is 4.43. The van der Waals surface area contributed by atoms with Gasteiger partial charge in [-0.1, -0.05) is 0 Å². The summed E-state index contributed by atoms with van der Waals surface area (Å²) in [5.74, 6) is -0.378. The highest BCUT2D eigenvalue weighted by Gasteiger charge is 2.24. The summed E-state index contributed by atoms with van der Waals surface area (Å²) in [5, 5.41) is 9.14. The lowest BCUT2D eigenvalue weighted by molar-refractivity contribution is 0.215. The lowest BCUT2D eigenvalue weighted by atomic mass is 10.0. The highest BCUT2D eigenvalue weighted by Crippen LogP contribution is 2.23. The van der Waals surface area contributed by atoms with E-state index in [1.807, 2.05) is 13.8 Å². The van der Waals surface area contributed by atoms with Gasteiger partial charge in [-0.15, -0.1) is 0 Å². The van der Waals surface area contributed by atoms with E-state index in [4.69, 9.17) is 5.11 Å². The lowest BCUT2D eigenvalue weighted by Crippen LogP contribution is -2.44. The van der Waals surface area contributed by atoms with Crippen molar-refractivity contribution in [3.8, 4) is 0 Å². The molecule has 0 aliphatic rings. The maximum Gasteiger partial charge on any atom is 0.164 e. The van der Waals surface area contributed by atoms with Crippen LogP contribution in [0.2, 0.25) is 0 Å². The van der Waals surface area contributed by atoms with Gasteiger partial charge >= 0.3 is 0 Å². The first-order chi connectivity index (χ1) is 6.49. The number of nitrogens with zero attached hydrogens (tertiary/aromatic N) is 2. The molecule has 78 valence electrons. The van der Waals surface area contributed by atoms with Crippen LogP contribution >= 0.6 is 0 Å². The molecule has 0 radical (unpaired) electrons. The lowest BCUT2D eigenvalue weighted by Gasteiger charge is -2.35. The number of aromatic nitrogens is 1. The summed E-state index contributed by atoms with van der Waals surface area (Å²) < 4.78 is 13.3. The molecule has 0 aliphatic heterocycles. The second-order valence-corrected chi connectivity index (χ2v) is 3.86. The summed E-state index contributed by atoms with van der Waals surface area (Å²) >= 11 is 0. The standard InChI is InChI=1S/C10H15FN2O/c1-10(2,7-14)13(3)9-4-5-12-6-8(9)11/h4-6,14H,7H2,1-3H3. The maximum absolute atomic E-state index is 13.3. The Morgan fingerprint density at radius 3 is 2.71 bits per heavy atom. The van der Waals surface area contributed by atoms with Crippen molar-refractivity contribution < 1.29 is 9.50 Å². The third-order valence-electron chi connectivity index (χ3n) is 2.41. The van der Waals surface area contributed by atoms with Crippen LogP contribution in [-0.4, -0.2) is 29.3 Å². The Labute approximate surface area is 83.2 Å². The highest BCUT2D eigenvalue weighted by atomic mass is 19.1. The van der Waals surface area contributed by atoms with Crippen LogP contribution in [0.1, 0.15) is 13.8 Å². The number of anilines is 1. The van der Waals surface area contributed by atoms with Crippen LogP contribution < -0.4 is 4.90 Å². The second-order valence-electron chi connectivity index (χ2n) is 3.86. The summed E-state index contributed by atoms with van der Waals surface area (Å²) in [6, 6.07) is 1.59. The topological polar surface area (TPSA) is 36.4 Å². The minimum absolute atomic E-state index is 0.0364. The molecular formula is C10H15FN2O. The van der Waals surface area contributed by atoms with Gasteiger partial charge in [0.05, 0.1) is 24.0 Å². The predicted octanol–water partition coefficient (Wildman–Crippen LogP) is 1.43. The van der Waals surface area contributed by atoms with E-state index in [-0.39, 0.29) is 12.4 Å². The minimum Gasteiger partial charge on any atom is -0.394 e. The van der Waals surface area contributed by atoms with Crippen molar-refractivity contribution in [1.29, 1.82) is 0 Å². The van der Waals surface area contributed by atoms with Crippen molar-refractivity contribution in [2.45, 2.75) is 19.4 Å². The number of hydrogen-bond donors (Lipinski definition) is 1. The number of hydrogen-bond acceptors (Lipinski definition) is 3. The average molecular weight is 198 g/mol. The molecule has 1 N–H and O–H groups in total. The molecule has 0 spiro atoms. The van der Waals surface area contributed by atoms with Gasteiger partial charge in [0.25, 0.3) is 0 Å². The van der Waals surface area contributed by atoms with Gasteiger partial charge in [0.1, 0.15) is 0 Å². The minimum atomic E-state index is -0.484. The van der Waals surface area contributed by atoms with Crippen LogP contribution in [0.4, 0.5) is 10.1 Å². The molecule has 3 nitrogen and oxygen atoms in total. The third kappa shape index (κ3) is 2.01. The van der Waals surface area contributed by atoms with Crippen LogP contribution in [0.5, 0.6) is 0 Å². The zero-order valence-corrected chi connectivity index (χ0v) is 8.66. The fourth-order valence-electron chi connectivity index (χ4n) is 1.07. The van der Waals surface area contributed by atoms with E-state index in [9.17, 15) is 4.39 Å². The van der Waals surface area contributed by atoms with Gasteiger partial charge in [0.2, 0.25) is 0 Å². The molecule has 0 aliphatic carbocycles. The number of aliphatic hydroxyl groups is 1. The van der Waals surface area contributed by atoms with Crippen LogP contribution in [-0.2, 0) is 0 Å². The van der Waals surface area contributed by atoms with Crippen molar-refractivity contribution in [3.05, 3.63) is 24.3 Å². The van der Waals surface area contributed by atoms with Gasteiger partial charge in [0, 0.05) is 13.2 Å². The number of halogens is 1. The zero-order valence-electron chi connectivity index (χ0n) is 8.66.